The van der Waals surface area contributed by atoms with Gasteiger partial charge in [-0.15, -0.1) is 13.2 Å². The zero-order valence-corrected chi connectivity index (χ0v) is 19.0. The first kappa shape index (κ1) is 23.6. The topological polar surface area (TPSA) is 118 Å². The van der Waals surface area contributed by atoms with Gasteiger partial charge in [0.2, 0.25) is 0 Å². The van der Waals surface area contributed by atoms with Gasteiger partial charge in [-0.1, -0.05) is 12.1 Å². The fourth-order valence-corrected chi connectivity index (χ4v) is 4.17. The highest BCUT2D eigenvalue weighted by Crippen LogP contribution is 2.23. The van der Waals surface area contributed by atoms with E-state index < -0.39 is 12.5 Å². The smallest absolute Gasteiger partial charge is 0.445 e. The molecule has 2 aliphatic heterocycles. The molecule has 0 spiro atoms. The Hall–Kier alpha value is -4.10. The maximum atomic E-state index is 13.0. The Labute approximate surface area is 202 Å². The number of aromatic amines is 1. The van der Waals surface area contributed by atoms with Crippen LogP contribution in [0.4, 0.5) is 18.0 Å². The van der Waals surface area contributed by atoms with E-state index in [9.17, 15) is 22.8 Å². The fraction of sp³-hybridized carbons (Fsp3) is 0.409. The summed E-state index contributed by atoms with van der Waals surface area (Å²) in [5, 5.41) is 10.7. The second kappa shape index (κ2) is 9.51. The lowest BCUT2D eigenvalue weighted by Gasteiger charge is -2.24. The van der Waals surface area contributed by atoms with Gasteiger partial charge in [-0.3, -0.25) is 4.79 Å². The zero-order chi connectivity index (χ0) is 25.3. The van der Waals surface area contributed by atoms with Crippen molar-refractivity contribution in [3.05, 3.63) is 58.9 Å². The minimum Gasteiger partial charge on any atom is -0.445 e. The van der Waals surface area contributed by atoms with Crippen LogP contribution in [0.25, 0.3) is 0 Å². The summed E-state index contributed by atoms with van der Waals surface area (Å²) in [4.78, 5) is 33.2. The Balaban J connectivity index is 1.13. The van der Waals surface area contributed by atoms with Crippen molar-refractivity contribution in [3.63, 3.8) is 0 Å². The van der Waals surface area contributed by atoms with Gasteiger partial charge in [0.1, 0.15) is 29.6 Å². The van der Waals surface area contributed by atoms with Crippen molar-refractivity contribution >= 4 is 12.0 Å². The number of ether oxygens (including phenoxy) is 2. The molecule has 11 nitrogen and oxygen atoms in total. The van der Waals surface area contributed by atoms with Gasteiger partial charge < -0.3 is 23.8 Å². The molecule has 0 saturated heterocycles. The van der Waals surface area contributed by atoms with E-state index in [0.717, 1.165) is 23.5 Å². The van der Waals surface area contributed by atoms with Crippen molar-refractivity contribution < 1.29 is 32.2 Å². The van der Waals surface area contributed by atoms with E-state index >= 15 is 0 Å². The van der Waals surface area contributed by atoms with E-state index in [1.165, 1.54) is 17.0 Å². The van der Waals surface area contributed by atoms with Gasteiger partial charge in [0.25, 0.3) is 5.91 Å². The molecular formula is C22H22F3N7O4. The first-order chi connectivity index (χ1) is 17.2. The van der Waals surface area contributed by atoms with Crippen molar-refractivity contribution in [2.75, 3.05) is 19.6 Å². The van der Waals surface area contributed by atoms with Crippen LogP contribution < -0.4 is 4.74 Å². The third-order valence-corrected chi connectivity index (χ3v) is 6.02. The Morgan fingerprint density at radius 3 is 2.50 bits per heavy atom. The number of nitrogens with one attached hydrogen (secondary N) is 1. The highest BCUT2D eigenvalue weighted by atomic mass is 19.4. The number of carbonyl (C=O) groups is 2. The Kier molecular flexibility index (Phi) is 6.24. The third kappa shape index (κ3) is 5.26. The predicted molar refractivity (Wildman–Crippen MR) is 116 cm³/mol. The molecule has 1 N–H and O–H groups in total. The van der Waals surface area contributed by atoms with Gasteiger partial charge >= 0.3 is 12.5 Å². The lowest BCUT2D eigenvalue weighted by atomic mass is 10.1. The van der Waals surface area contributed by atoms with Crippen LogP contribution in [0.2, 0.25) is 0 Å². The summed E-state index contributed by atoms with van der Waals surface area (Å²) in [7, 11) is 0. The van der Waals surface area contributed by atoms with Gasteiger partial charge in [-0.2, -0.15) is 15.4 Å². The number of hydrogen-bond acceptors (Lipinski definition) is 7. The number of carbonyl (C=O) groups excluding carboxylic acids is 2. The van der Waals surface area contributed by atoms with E-state index in [1.807, 2.05) is 4.57 Å². The number of hydrogen-bond donors (Lipinski definition) is 1. The minimum absolute atomic E-state index is 0.0894. The predicted octanol–water partition coefficient (Wildman–Crippen LogP) is 2.29. The first-order valence-corrected chi connectivity index (χ1v) is 11.3. The van der Waals surface area contributed by atoms with Gasteiger partial charge in [0.15, 0.2) is 0 Å². The number of benzene rings is 1. The monoisotopic (exact) mass is 505 g/mol. The van der Waals surface area contributed by atoms with Crippen molar-refractivity contribution in [2.45, 2.75) is 38.9 Å². The van der Waals surface area contributed by atoms with Crippen molar-refractivity contribution in [3.8, 4) is 5.75 Å². The molecule has 0 fully saturated rings. The normalized spacial score (nSPS) is 15.6. The first-order valence-electron chi connectivity index (χ1n) is 11.3. The number of imidazole rings is 1. The molecule has 0 aliphatic carbocycles. The van der Waals surface area contributed by atoms with Crippen LogP contribution in [-0.2, 0) is 37.3 Å². The van der Waals surface area contributed by atoms with E-state index in [0.29, 0.717) is 62.6 Å². The van der Waals surface area contributed by atoms with Crippen molar-refractivity contribution in [2.24, 2.45) is 0 Å². The molecule has 0 saturated carbocycles. The Morgan fingerprint density at radius 2 is 1.72 bits per heavy atom. The molecule has 5 rings (SSSR count). The highest BCUT2D eigenvalue weighted by molar-refractivity contribution is 5.92. The van der Waals surface area contributed by atoms with Crippen LogP contribution in [0.15, 0.2) is 30.5 Å². The molecule has 2 amide bonds. The van der Waals surface area contributed by atoms with Gasteiger partial charge in [-0.05, 0) is 17.7 Å². The summed E-state index contributed by atoms with van der Waals surface area (Å²) in [6, 6.07) is 5.12. The molecule has 0 atom stereocenters. The number of H-pyrrole nitrogens is 1. The summed E-state index contributed by atoms with van der Waals surface area (Å²) < 4.78 is 47.8. The molecule has 4 heterocycles. The molecule has 0 unspecified atom stereocenters. The van der Waals surface area contributed by atoms with Crippen LogP contribution in [-0.4, -0.2) is 72.8 Å². The molecule has 36 heavy (non-hydrogen) atoms. The SMILES string of the molecule is O=C(OCc1ccc(OC(F)(F)F)cc1)N1CCc2nc(C(=O)N3CCc4n[nH]nc4C3)cn2CC1. The van der Waals surface area contributed by atoms with Crippen molar-refractivity contribution in [1.82, 2.24) is 34.8 Å². The molecule has 14 heteroatoms. The summed E-state index contributed by atoms with van der Waals surface area (Å²) in [5.74, 6) is 0.181. The second-order valence-corrected chi connectivity index (χ2v) is 8.41. The maximum absolute atomic E-state index is 13.0. The number of rotatable bonds is 4. The van der Waals surface area contributed by atoms with Gasteiger partial charge in [0.05, 0.1) is 12.2 Å². The second-order valence-electron chi connectivity index (χ2n) is 8.41. The third-order valence-electron chi connectivity index (χ3n) is 6.02. The number of fused-ring (bicyclic) bond motifs is 2. The average Bonchev–Trinajstić information content (AvgIpc) is 3.44. The van der Waals surface area contributed by atoms with E-state index in [2.05, 4.69) is 25.1 Å². The molecule has 2 aromatic heterocycles. The molecule has 190 valence electrons. The Morgan fingerprint density at radius 1 is 0.972 bits per heavy atom. The van der Waals surface area contributed by atoms with Crippen LogP contribution in [0.5, 0.6) is 5.75 Å². The molecule has 3 aromatic rings. The van der Waals surface area contributed by atoms with Gasteiger partial charge in [-0.25, -0.2) is 9.78 Å². The standard InChI is InChI=1S/C22H22F3N7O4/c23-22(24,25)36-15-3-1-14(2-4-15)13-35-21(34)30-8-6-19-26-18(12-31(19)10-9-30)20(33)32-7-5-16-17(11-32)28-29-27-16/h1-4,12H,5-11,13H2,(H,27,28,29). The van der Waals surface area contributed by atoms with Gasteiger partial charge in [0, 0.05) is 45.2 Å². The van der Waals surface area contributed by atoms with E-state index in [1.54, 1.807) is 11.1 Å². The Bertz CT molecular complexity index is 1230. The lowest BCUT2D eigenvalue weighted by Crippen LogP contribution is -2.36. The molecule has 0 radical (unpaired) electrons. The van der Waals surface area contributed by atoms with Crippen LogP contribution >= 0.6 is 0 Å². The quantitative estimate of drug-likeness (QED) is 0.578. The van der Waals surface area contributed by atoms with Crippen LogP contribution in [0, 0.1) is 0 Å². The highest BCUT2D eigenvalue weighted by Gasteiger charge is 2.31. The van der Waals surface area contributed by atoms with Crippen LogP contribution in [0.3, 0.4) is 0 Å². The molecular weight excluding hydrogens is 483 g/mol. The number of halogens is 3. The summed E-state index contributed by atoms with van der Waals surface area (Å²) in [5.41, 5.74) is 2.51. The molecule has 0 bridgehead atoms. The minimum atomic E-state index is -4.77. The lowest BCUT2D eigenvalue weighted by molar-refractivity contribution is -0.274. The van der Waals surface area contributed by atoms with E-state index in [-0.39, 0.29) is 18.3 Å². The largest absolute Gasteiger partial charge is 0.573 e. The number of amides is 2. The summed E-state index contributed by atoms with van der Waals surface area (Å²) >= 11 is 0. The number of aromatic nitrogens is 5. The number of nitrogens with zero attached hydrogens (tertiary/aromatic N) is 6. The maximum Gasteiger partial charge on any atom is 0.573 e. The molecule has 2 aliphatic rings. The van der Waals surface area contributed by atoms with E-state index in [4.69, 9.17) is 4.74 Å². The zero-order valence-electron chi connectivity index (χ0n) is 19.0. The summed E-state index contributed by atoms with van der Waals surface area (Å²) in [6.45, 7) is 1.99. The fourth-order valence-electron chi connectivity index (χ4n) is 4.17. The summed E-state index contributed by atoms with van der Waals surface area (Å²) in [6.07, 6.45) is -2.52. The average molecular weight is 505 g/mol. The van der Waals surface area contributed by atoms with Crippen molar-refractivity contribution in [1.29, 1.82) is 0 Å². The number of alkyl halides is 3. The molecule has 1 aromatic carbocycles. The van der Waals surface area contributed by atoms with Crippen LogP contribution in [0.1, 0.15) is 33.3 Å².